The molecule has 2 heterocycles. The Balaban J connectivity index is 0.00000312. The molecule has 0 aromatic carbocycles. The van der Waals surface area contributed by atoms with Gasteiger partial charge in [0.1, 0.15) is 12.7 Å². The molecule has 0 amide bonds. The van der Waals surface area contributed by atoms with Gasteiger partial charge in [-0.05, 0) is 51.9 Å². The van der Waals surface area contributed by atoms with Crippen molar-refractivity contribution in [2.45, 2.75) is 39.2 Å². The Morgan fingerprint density at radius 3 is 2.64 bits per heavy atom. The van der Waals surface area contributed by atoms with Crippen molar-refractivity contribution < 1.29 is 9.94 Å². The third-order valence-corrected chi connectivity index (χ3v) is 4.32. The van der Waals surface area contributed by atoms with Crippen LogP contribution in [0.4, 0.5) is 0 Å². The minimum atomic E-state index is -0.515. The molecular weight excluding hydrogens is 340 g/mol. The minimum Gasteiger partial charge on any atom is -0.391 e. The molecule has 0 saturated carbocycles. The van der Waals surface area contributed by atoms with E-state index in [1.54, 1.807) is 12.4 Å². The summed E-state index contributed by atoms with van der Waals surface area (Å²) in [6.45, 7) is 8.85. The van der Waals surface area contributed by atoms with Crippen LogP contribution < -0.4 is 0 Å². The van der Waals surface area contributed by atoms with E-state index < -0.39 is 6.10 Å². The zero-order valence-electron chi connectivity index (χ0n) is 15.3. The highest BCUT2D eigenvalue weighted by Gasteiger charge is 2.16. The van der Waals surface area contributed by atoms with E-state index in [4.69, 9.17) is 4.84 Å². The van der Waals surface area contributed by atoms with Gasteiger partial charge in [-0.1, -0.05) is 11.6 Å². The molecule has 1 aromatic heterocycles. The number of oxime groups is 1. The molecule has 1 aliphatic heterocycles. The molecule has 142 valence electrons. The first-order valence-corrected chi connectivity index (χ1v) is 9.00. The third kappa shape index (κ3) is 7.18. The molecule has 1 N–H and O–H groups in total. The van der Waals surface area contributed by atoms with Crippen LogP contribution in [0.25, 0.3) is 0 Å². The van der Waals surface area contributed by atoms with Gasteiger partial charge in [0.05, 0.1) is 0 Å². The summed E-state index contributed by atoms with van der Waals surface area (Å²) in [5.74, 6) is 0.762. The van der Waals surface area contributed by atoms with Crippen LogP contribution in [0.2, 0.25) is 0 Å². The Bertz CT molecular complexity index is 491. The highest BCUT2D eigenvalue weighted by atomic mass is 35.5. The number of aromatic nitrogens is 1. The highest BCUT2D eigenvalue weighted by molar-refractivity contribution is 5.98. The quantitative estimate of drug-likeness (QED) is 0.432. The first-order valence-electron chi connectivity index (χ1n) is 9.00. The number of hydrogen-bond acceptors (Lipinski definition) is 5. The van der Waals surface area contributed by atoms with Crippen molar-refractivity contribution in [3.63, 3.8) is 0 Å². The molecule has 25 heavy (non-hydrogen) atoms. The normalized spacial score (nSPS) is 16.8. The molecule has 1 aromatic rings. The van der Waals surface area contributed by atoms with Crippen LogP contribution in [0, 0.1) is 0 Å². The number of likely N-dealkylation sites (tertiary alicyclic amines) is 1. The predicted molar refractivity (Wildman–Crippen MR) is 103 cm³/mol. The molecule has 7 heteroatoms. The molecule has 0 radical (unpaired) electrons. The second-order valence-electron chi connectivity index (χ2n) is 6.14. The van der Waals surface area contributed by atoms with Crippen LogP contribution in [0.5, 0.6) is 0 Å². The molecule has 0 spiro atoms. The summed E-state index contributed by atoms with van der Waals surface area (Å²) in [6.07, 6.45) is 6.75. The Labute approximate surface area is 157 Å². The van der Waals surface area contributed by atoms with Crippen molar-refractivity contribution in [1.29, 1.82) is 0 Å². The SMILES string of the molecule is CCN(CC)C(=NOCC(O)CN1CCCCC1)c1cccnc1.Cl. The molecule has 1 aliphatic rings. The smallest absolute Gasteiger partial charge is 0.177 e. The van der Waals surface area contributed by atoms with Gasteiger partial charge in [-0.25, -0.2) is 0 Å². The van der Waals surface area contributed by atoms with Crippen molar-refractivity contribution in [2.24, 2.45) is 5.16 Å². The van der Waals surface area contributed by atoms with Crippen LogP contribution in [-0.2, 0) is 4.84 Å². The average molecular weight is 371 g/mol. The zero-order valence-corrected chi connectivity index (χ0v) is 16.1. The largest absolute Gasteiger partial charge is 0.391 e. The van der Waals surface area contributed by atoms with Crippen molar-refractivity contribution >= 4 is 18.2 Å². The Hall–Kier alpha value is -1.37. The second kappa shape index (κ2) is 12.1. The molecule has 1 saturated heterocycles. The van der Waals surface area contributed by atoms with Gasteiger partial charge in [-0.3, -0.25) is 4.98 Å². The lowest BCUT2D eigenvalue weighted by Crippen LogP contribution is -2.38. The number of aliphatic hydroxyl groups is 1. The maximum absolute atomic E-state index is 10.2. The van der Waals surface area contributed by atoms with Gasteiger partial charge in [-0.2, -0.15) is 0 Å². The fourth-order valence-electron chi connectivity index (χ4n) is 2.99. The first-order chi connectivity index (χ1) is 11.7. The monoisotopic (exact) mass is 370 g/mol. The zero-order chi connectivity index (χ0) is 17.2. The summed E-state index contributed by atoms with van der Waals surface area (Å²) < 4.78 is 0. The Morgan fingerprint density at radius 1 is 1.32 bits per heavy atom. The standard InChI is InChI=1S/C18H30N4O2.ClH/c1-3-22(4-2)18(16-9-8-10-19-13-16)20-24-15-17(23)14-21-11-6-5-7-12-21;/h8-10,13,17,23H,3-7,11-12,14-15H2,1-2H3;1H. The van der Waals surface area contributed by atoms with Crippen molar-refractivity contribution in [3.05, 3.63) is 30.1 Å². The van der Waals surface area contributed by atoms with E-state index in [0.717, 1.165) is 37.6 Å². The maximum atomic E-state index is 10.2. The molecule has 1 atom stereocenters. The van der Waals surface area contributed by atoms with Gasteiger partial charge in [0.25, 0.3) is 0 Å². The van der Waals surface area contributed by atoms with E-state index in [9.17, 15) is 5.11 Å². The van der Waals surface area contributed by atoms with Gasteiger partial charge in [-0.15, -0.1) is 12.4 Å². The summed E-state index contributed by atoms with van der Waals surface area (Å²) in [6, 6.07) is 3.86. The number of rotatable bonds is 8. The van der Waals surface area contributed by atoms with E-state index in [1.165, 1.54) is 19.3 Å². The number of aliphatic hydroxyl groups excluding tert-OH is 1. The van der Waals surface area contributed by atoms with E-state index in [1.807, 2.05) is 12.1 Å². The van der Waals surface area contributed by atoms with Gasteiger partial charge in [0.2, 0.25) is 0 Å². The van der Waals surface area contributed by atoms with Crippen LogP contribution in [0.1, 0.15) is 38.7 Å². The lowest BCUT2D eigenvalue weighted by atomic mass is 10.1. The molecule has 0 bridgehead atoms. The lowest BCUT2D eigenvalue weighted by Gasteiger charge is -2.28. The van der Waals surface area contributed by atoms with Gasteiger partial charge >= 0.3 is 0 Å². The molecule has 1 unspecified atom stereocenters. The van der Waals surface area contributed by atoms with E-state index in [0.29, 0.717) is 6.54 Å². The number of pyridine rings is 1. The fourth-order valence-corrected chi connectivity index (χ4v) is 2.99. The Morgan fingerprint density at radius 2 is 2.04 bits per heavy atom. The third-order valence-electron chi connectivity index (χ3n) is 4.32. The van der Waals surface area contributed by atoms with Crippen LogP contribution >= 0.6 is 12.4 Å². The summed E-state index contributed by atoms with van der Waals surface area (Å²) in [7, 11) is 0. The van der Waals surface area contributed by atoms with E-state index >= 15 is 0 Å². The Kier molecular flexibility index (Phi) is 10.5. The first kappa shape index (κ1) is 21.7. The average Bonchev–Trinajstić information content (AvgIpc) is 2.63. The molecular formula is C18H31ClN4O2. The summed E-state index contributed by atoms with van der Waals surface area (Å²) in [5, 5.41) is 14.5. The second-order valence-corrected chi connectivity index (χ2v) is 6.14. The number of nitrogens with zero attached hydrogens (tertiary/aromatic N) is 4. The minimum absolute atomic E-state index is 0. The molecule has 2 rings (SSSR count). The van der Waals surface area contributed by atoms with E-state index in [2.05, 4.69) is 33.8 Å². The van der Waals surface area contributed by atoms with Crippen molar-refractivity contribution in [2.75, 3.05) is 39.3 Å². The topological polar surface area (TPSA) is 61.2 Å². The summed E-state index contributed by atoms with van der Waals surface area (Å²) in [4.78, 5) is 14.1. The number of hydrogen-bond donors (Lipinski definition) is 1. The lowest BCUT2D eigenvalue weighted by molar-refractivity contribution is 0.0147. The fraction of sp³-hybridized carbons (Fsp3) is 0.667. The molecule has 0 aliphatic carbocycles. The van der Waals surface area contributed by atoms with Gasteiger partial charge in [0.15, 0.2) is 5.84 Å². The van der Waals surface area contributed by atoms with E-state index in [-0.39, 0.29) is 19.0 Å². The summed E-state index contributed by atoms with van der Waals surface area (Å²) >= 11 is 0. The van der Waals surface area contributed by atoms with Crippen LogP contribution in [0.3, 0.4) is 0 Å². The summed E-state index contributed by atoms with van der Waals surface area (Å²) in [5.41, 5.74) is 0.923. The molecule has 1 fully saturated rings. The van der Waals surface area contributed by atoms with Gasteiger partial charge < -0.3 is 19.7 Å². The molecule has 6 nitrogen and oxygen atoms in total. The number of halogens is 1. The maximum Gasteiger partial charge on any atom is 0.177 e. The van der Waals surface area contributed by atoms with Crippen molar-refractivity contribution in [1.82, 2.24) is 14.8 Å². The van der Waals surface area contributed by atoms with Crippen molar-refractivity contribution in [3.8, 4) is 0 Å². The number of amidine groups is 1. The van der Waals surface area contributed by atoms with Gasteiger partial charge in [0, 0.05) is 37.6 Å². The predicted octanol–water partition coefficient (Wildman–Crippen LogP) is 2.37. The van der Waals surface area contributed by atoms with Crippen LogP contribution in [0.15, 0.2) is 29.7 Å². The van der Waals surface area contributed by atoms with Crippen LogP contribution in [-0.4, -0.2) is 71.2 Å². The number of β-amino-alcohol motifs (C(OH)–C–C–N with tert-alkyl or cyclic N) is 1. The highest BCUT2D eigenvalue weighted by Crippen LogP contribution is 2.09. The number of piperidine rings is 1.